The fourth-order valence-corrected chi connectivity index (χ4v) is 2.84. The second kappa shape index (κ2) is 4.38. The topological polar surface area (TPSA) is 69.6 Å². The lowest BCUT2D eigenvalue weighted by Crippen LogP contribution is -1.99. The summed E-state index contributed by atoms with van der Waals surface area (Å²) in [5.74, 6) is 0.430. The molecule has 3 heterocycles. The highest BCUT2D eigenvalue weighted by atomic mass is 32.1. The molecule has 3 rings (SSSR count). The Balaban J connectivity index is 1.97. The van der Waals surface area contributed by atoms with Gasteiger partial charge < -0.3 is 10.3 Å². The SMILES string of the molecule is CCc1ccc(Cn2cnc3c(N)ncnc32)s1. The van der Waals surface area contributed by atoms with Crippen LogP contribution in [0.15, 0.2) is 24.8 Å². The van der Waals surface area contributed by atoms with Crippen molar-refractivity contribution in [2.45, 2.75) is 19.9 Å². The van der Waals surface area contributed by atoms with E-state index in [1.807, 2.05) is 15.9 Å². The predicted molar refractivity (Wildman–Crippen MR) is 72.5 cm³/mol. The van der Waals surface area contributed by atoms with Gasteiger partial charge in [-0.15, -0.1) is 11.3 Å². The molecule has 0 saturated carbocycles. The maximum absolute atomic E-state index is 5.76. The normalized spacial score (nSPS) is 11.2. The third kappa shape index (κ3) is 1.84. The minimum absolute atomic E-state index is 0.430. The number of aromatic nitrogens is 4. The summed E-state index contributed by atoms with van der Waals surface area (Å²) in [5.41, 5.74) is 7.22. The van der Waals surface area contributed by atoms with Crippen LogP contribution < -0.4 is 5.73 Å². The van der Waals surface area contributed by atoms with E-state index in [1.54, 1.807) is 6.33 Å². The zero-order valence-corrected chi connectivity index (χ0v) is 10.8. The van der Waals surface area contributed by atoms with E-state index in [0.29, 0.717) is 11.3 Å². The molecule has 0 unspecified atom stereocenters. The van der Waals surface area contributed by atoms with E-state index in [2.05, 4.69) is 34.0 Å². The van der Waals surface area contributed by atoms with Crippen molar-refractivity contribution in [2.24, 2.45) is 0 Å². The van der Waals surface area contributed by atoms with Crippen molar-refractivity contribution in [1.82, 2.24) is 19.5 Å². The number of nitrogens with zero attached hydrogens (tertiary/aromatic N) is 4. The number of fused-ring (bicyclic) bond motifs is 1. The molecular weight excluding hydrogens is 246 g/mol. The second-order valence-electron chi connectivity index (χ2n) is 4.03. The molecule has 0 saturated heterocycles. The number of nitrogen functional groups attached to an aromatic ring is 1. The lowest BCUT2D eigenvalue weighted by atomic mass is 10.3. The third-order valence-electron chi connectivity index (χ3n) is 2.82. The molecule has 0 bridgehead atoms. The van der Waals surface area contributed by atoms with Crippen LogP contribution in [0.4, 0.5) is 5.82 Å². The molecule has 6 heteroatoms. The molecule has 0 fully saturated rings. The molecular formula is C12H13N5S. The Labute approximate surface area is 108 Å². The number of hydrogen-bond donors (Lipinski definition) is 1. The van der Waals surface area contributed by atoms with Gasteiger partial charge in [0.05, 0.1) is 12.9 Å². The number of hydrogen-bond acceptors (Lipinski definition) is 5. The first-order chi connectivity index (χ1) is 8.78. The van der Waals surface area contributed by atoms with E-state index in [9.17, 15) is 0 Å². The molecule has 5 nitrogen and oxygen atoms in total. The van der Waals surface area contributed by atoms with Crippen LogP contribution in [0.5, 0.6) is 0 Å². The summed E-state index contributed by atoms with van der Waals surface area (Å²) in [6.07, 6.45) is 4.31. The number of anilines is 1. The summed E-state index contributed by atoms with van der Waals surface area (Å²) in [6.45, 7) is 2.94. The van der Waals surface area contributed by atoms with Crippen molar-refractivity contribution >= 4 is 28.3 Å². The highest BCUT2D eigenvalue weighted by Gasteiger charge is 2.08. The number of imidazole rings is 1. The fraction of sp³-hybridized carbons (Fsp3) is 0.250. The predicted octanol–water partition coefficient (Wildman–Crippen LogP) is 2.08. The van der Waals surface area contributed by atoms with Crippen LogP contribution in [0, 0.1) is 0 Å². The van der Waals surface area contributed by atoms with E-state index in [-0.39, 0.29) is 0 Å². The molecule has 0 aliphatic heterocycles. The number of rotatable bonds is 3. The van der Waals surface area contributed by atoms with Crippen molar-refractivity contribution in [2.75, 3.05) is 5.73 Å². The van der Waals surface area contributed by atoms with Crippen LogP contribution in [0.3, 0.4) is 0 Å². The van der Waals surface area contributed by atoms with Crippen LogP contribution in [0.2, 0.25) is 0 Å². The van der Waals surface area contributed by atoms with E-state index >= 15 is 0 Å². The zero-order chi connectivity index (χ0) is 12.5. The van der Waals surface area contributed by atoms with Crippen molar-refractivity contribution in [3.05, 3.63) is 34.5 Å². The highest BCUT2D eigenvalue weighted by molar-refractivity contribution is 7.11. The van der Waals surface area contributed by atoms with Gasteiger partial charge in [-0.1, -0.05) is 6.92 Å². The summed E-state index contributed by atoms with van der Waals surface area (Å²) in [7, 11) is 0. The van der Waals surface area contributed by atoms with Gasteiger partial charge in [0.15, 0.2) is 11.5 Å². The largest absolute Gasteiger partial charge is 0.382 e. The van der Waals surface area contributed by atoms with Crippen molar-refractivity contribution in [3.63, 3.8) is 0 Å². The lowest BCUT2D eigenvalue weighted by molar-refractivity contribution is 0.826. The maximum Gasteiger partial charge on any atom is 0.165 e. The van der Waals surface area contributed by atoms with Gasteiger partial charge in [-0.3, -0.25) is 0 Å². The van der Waals surface area contributed by atoms with Crippen molar-refractivity contribution in [1.29, 1.82) is 0 Å². The van der Waals surface area contributed by atoms with Crippen molar-refractivity contribution < 1.29 is 0 Å². The van der Waals surface area contributed by atoms with E-state index in [4.69, 9.17) is 5.73 Å². The van der Waals surface area contributed by atoms with Gasteiger partial charge in [0, 0.05) is 9.75 Å². The Morgan fingerprint density at radius 3 is 2.83 bits per heavy atom. The molecule has 0 spiro atoms. The van der Waals surface area contributed by atoms with E-state index in [1.165, 1.54) is 16.1 Å². The maximum atomic E-state index is 5.76. The van der Waals surface area contributed by atoms with Gasteiger partial charge in [0.25, 0.3) is 0 Å². The van der Waals surface area contributed by atoms with E-state index < -0.39 is 0 Å². The van der Waals surface area contributed by atoms with Gasteiger partial charge in [-0.05, 0) is 18.6 Å². The average Bonchev–Trinajstić information content (AvgIpc) is 2.98. The van der Waals surface area contributed by atoms with Crippen LogP contribution >= 0.6 is 11.3 Å². The van der Waals surface area contributed by atoms with Gasteiger partial charge in [-0.2, -0.15) is 0 Å². The fourth-order valence-electron chi connectivity index (χ4n) is 1.88. The van der Waals surface area contributed by atoms with Gasteiger partial charge >= 0.3 is 0 Å². The average molecular weight is 259 g/mol. The highest BCUT2D eigenvalue weighted by Crippen LogP contribution is 2.20. The van der Waals surface area contributed by atoms with Gasteiger partial charge in [0.2, 0.25) is 0 Å². The molecule has 2 N–H and O–H groups in total. The molecule has 3 aromatic rings. The summed E-state index contributed by atoms with van der Waals surface area (Å²) >= 11 is 1.82. The molecule has 0 amide bonds. The molecule has 3 aromatic heterocycles. The minimum Gasteiger partial charge on any atom is -0.382 e. The molecule has 0 aliphatic rings. The Bertz CT molecular complexity index is 685. The molecule has 18 heavy (non-hydrogen) atoms. The smallest absolute Gasteiger partial charge is 0.165 e. The van der Waals surface area contributed by atoms with E-state index in [0.717, 1.165) is 18.6 Å². The number of thiophene rings is 1. The summed E-state index contributed by atoms with van der Waals surface area (Å²) in [6, 6.07) is 4.32. The number of nitrogens with two attached hydrogens (primary N) is 1. The first kappa shape index (κ1) is 11.2. The molecule has 0 aliphatic carbocycles. The second-order valence-corrected chi connectivity index (χ2v) is 5.28. The number of aryl methyl sites for hydroxylation is 1. The monoisotopic (exact) mass is 259 g/mol. The Kier molecular flexibility index (Phi) is 2.71. The lowest BCUT2D eigenvalue weighted by Gasteiger charge is -2.01. The standard InChI is InChI=1S/C12H13N5S/c1-2-8-3-4-9(18-8)5-17-7-16-10-11(13)14-6-15-12(10)17/h3-4,6-7H,2,5H2,1H3,(H2,13,14,15). The molecule has 0 radical (unpaired) electrons. The molecule has 0 atom stereocenters. The van der Waals surface area contributed by atoms with Crippen molar-refractivity contribution in [3.8, 4) is 0 Å². The summed E-state index contributed by atoms with van der Waals surface area (Å²) < 4.78 is 2.00. The van der Waals surface area contributed by atoms with Crippen LogP contribution in [-0.2, 0) is 13.0 Å². The minimum atomic E-state index is 0.430. The van der Waals surface area contributed by atoms with Crippen LogP contribution in [-0.4, -0.2) is 19.5 Å². The first-order valence-electron chi connectivity index (χ1n) is 5.77. The summed E-state index contributed by atoms with van der Waals surface area (Å²) in [4.78, 5) is 15.1. The van der Waals surface area contributed by atoms with Gasteiger partial charge in [0.1, 0.15) is 11.8 Å². The Morgan fingerprint density at radius 1 is 1.22 bits per heavy atom. The third-order valence-corrected chi connectivity index (χ3v) is 4.04. The zero-order valence-electron chi connectivity index (χ0n) is 10.00. The Morgan fingerprint density at radius 2 is 2.06 bits per heavy atom. The Hall–Kier alpha value is -1.95. The van der Waals surface area contributed by atoms with Gasteiger partial charge in [-0.25, -0.2) is 15.0 Å². The molecule has 92 valence electrons. The van der Waals surface area contributed by atoms with Crippen LogP contribution in [0.25, 0.3) is 11.2 Å². The molecule has 0 aromatic carbocycles. The summed E-state index contributed by atoms with van der Waals surface area (Å²) in [5, 5.41) is 0. The first-order valence-corrected chi connectivity index (χ1v) is 6.58. The van der Waals surface area contributed by atoms with Crippen LogP contribution in [0.1, 0.15) is 16.7 Å². The quantitative estimate of drug-likeness (QED) is 0.781.